The Morgan fingerprint density at radius 3 is 2.38 bits per heavy atom. The van der Waals surface area contributed by atoms with Gasteiger partial charge in [0.05, 0.1) is 11.1 Å². The lowest BCUT2D eigenvalue weighted by Gasteiger charge is -2.16. The molecule has 1 spiro atoms. The van der Waals surface area contributed by atoms with Crippen molar-refractivity contribution in [3.8, 4) is 11.4 Å². The molecule has 3 heterocycles. The van der Waals surface area contributed by atoms with Crippen LogP contribution in [0.1, 0.15) is 42.0 Å². The van der Waals surface area contributed by atoms with E-state index in [2.05, 4.69) is 20.1 Å². The van der Waals surface area contributed by atoms with E-state index < -0.39 is 23.6 Å². The first-order chi connectivity index (χ1) is 17.5. The molecule has 14 heteroatoms. The van der Waals surface area contributed by atoms with Gasteiger partial charge in [0.25, 0.3) is 0 Å². The summed E-state index contributed by atoms with van der Waals surface area (Å²) in [5.74, 6) is 1.16. The van der Waals surface area contributed by atoms with Gasteiger partial charge in [-0.3, -0.25) is 4.98 Å². The van der Waals surface area contributed by atoms with E-state index in [-0.39, 0.29) is 41.6 Å². The third kappa shape index (κ3) is 6.66. The van der Waals surface area contributed by atoms with Crippen molar-refractivity contribution in [3.63, 3.8) is 0 Å². The van der Waals surface area contributed by atoms with Crippen LogP contribution in [0.4, 0.5) is 26.3 Å². The monoisotopic (exact) mass is 613 g/mol. The van der Waals surface area contributed by atoms with Crippen LogP contribution < -0.4 is 0 Å². The number of likely N-dealkylation sites (tertiary alicyclic amines) is 1. The van der Waals surface area contributed by atoms with Crippen LogP contribution in [0.5, 0.6) is 0 Å². The zero-order chi connectivity index (χ0) is 26.4. The third-order valence-electron chi connectivity index (χ3n) is 7.30. The average Bonchev–Trinajstić information content (AvgIpc) is 3.19. The fraction of sp³-hybridized carbons (Fsp3) is 0.480. The van der Waals surface area contributed by atoms with Gasteiger partial charge in [0.15, 0.2) is 16.7 Å². The zero-order valence-corrected chi connectivity index (χ0v) is 23.2. The summed E-state index contributed by atoms with van der Waals surface area (Å²) in [6.07, 6.45) is -4.90. The minimum Gasteiger partial charge on any atom is -0.305 e. The Morgan fingerprint density at radius 2 is 1.72 bits per heavy atom. The Labute approximate surface area is 238 Å². The molecule has 39 heavy (non-hydrogen) atoms. The van der Waals surface area contributed by atoms with Gasteiger partial charge < -0.3 is 9.47 Å². The van der Waals surface area contributed by atoms with E-state index in [1.165, 1.54) is 36.0 Å². The molecule has 1 aromatic carbocycles. The summed E-state index contributed by atoms with van der Waals surface area (Å²) < 4.78 is 80.1. The number of pyridine rings is 1. The second kappa shape index (κ2) is 11.8. The average molecular weight is 614 g/mol. The summed E-state index contributed by atoms with van der Waals surface area (Å²) in [4.78, 5) is 5.87. The first kappa shape index (κ1) is 31.5. The molecule has 0 unspecified atom stereocenters. The molecule has 2 fully saturated rings. The maximum absolute atomic E-state index is 13.3. The van der Waals surface area contributed by atoms with Gasteiger partial charge in [-0.05, 0) is 73.5 Å². The summed E-state index contributed by atoms with van der Waals surface area (Å²) in [5, 5.41) is 8.59. The molecule has 1 aliphatic carbocycles. The topological polar surface area (TPSA) is 46.8 Å². The number of benzene rings is 1. The second-order valence-corrected chi connectivity index (χ2v) is 10.8. The number of halogens is 8. The highest BCUT2D eigenvalue weighted by Crippen LogP contribution is 2.64. The van der Waals surface area contributed by atoms with Gasteiger partial charge in [-0.25, -0.2) is 0 Å². The van der Waals surface area contributed by atoms with Crippen molar-refractivity contribution in [1.29, 1.82) is 0 Å². The summed E-state index contributed by atoms with van der Waals surface area (Å²) >= 11 is 1.44. The van der Waals surface area contributed by atoms with Crippen LogP contribution in [0.25, 0.3) is 11.4 Å². The number of alkyl halides is 6. The Bertz CT molecular complexity index is 1270. The molecule has 0 N–H and O–H groups in total. The fourth-order valence-electron chi connectivity index (χ4n) is 5.29. The molecular formula is C25H27Cl2F6N5S. The van der Waals surface area contributed by atoms with E-state index in [0.29, 0.717) is 11.1 Å². The Hall–Kier alpha value is -2.02. The summed E-state index contributed by atoms with van der Waals surface area (Å²) in [7, 11) is 1.64. The number of hydrogen-bond acceptors (Lipinski definition) is 5. The largest absolute Gasteiger partial charge is 0.434 e. The molecule has 5 nitrogen and oxygen atoms in total. The molecule has 2 aliphatic rings. The van der Waals surface area contributed by atoms with Crippen LogP contribution in [-0.2, 0) is 19.4 Å². The molecule has 0 radical (unpaired) electrons. The molecule has 0 amide bonds. The Kier molecular flexibility index (Phi) is 9.56. The predicted molar refractivity (Wildman–Crippen MR) is 141 cm³/mol. The fourth-order valence-corrected chi connectivity index (χ4v) is 6.12. The van der Waals surface area contributed by atoms with Crippen molar-refractivity contribution < 1.29 is 26.3 Å². The second-order valence-electron chi connectivity index (χ2n) is 9.73. The Balaban J connectivity index is 0.00000210. The van der Waals surface area contributed by atoms with Gasteiger partial charge in [-0.2, -0.15) is 26.3 Å². The normalized spacial score (nSPS) is 21.1. The quantitative estimate of drug-likeness (QED) is 0.161. The summed E-state index contributed by atoms with van der Waals surface area (Å²) in [6.45, 7) is 2.76. The summed E-state index contributed by atoms with van der Waals surface area (Å²) in [6, 6.07) is 8.34. The first-order valence-electron chi connectivity index (χ1n) is 11.9. The lowest BCUT2D eigenvalue weighted by atomic mass is 9.97. The van der Waals surface area contributed by atoms with E-state index in [1.807, 2.05) is 0 Å². The third-order valence-corrected chi connectivity index (χ3v) is 8.40. The molecule has 1 saturated heterocycles. The number of rotatable bonds is 7. The van der Waals surface area contributed by atoms with Crippen LogP contribution in [0.3, 0.4) is 0 Å². The molecule has 2 aromatic heterocycles. The molecular weight excluding hydrogens is 587 g/mol. The van der Waals surface area contributed by atoms with Gasteiger partial charge in [-0.15, -0.1) is 35.0 Å². The zero-order valence-electron chi connectivity index (χ0n) is 20.8. The molecule has 2 atom stereocenters. The van der Waals surface area contributed by atoms with Crippen molar-refractivity contribution in [2.45, 2.75) is 42.7 Å². The van der Waals surface area contributed by atoms with Crippen molar-refractivity contribution in [1.82, 2.24) is 24.6 Å². The number of aromatic nitrogens is 4. The van der Waals surface area contributed by atoms with Gasteiger partial charge in [0.2, 0.25) is 0 Å². The van der Waals surface area contributed by atoms with Crippen LogP contribution >= 0.6 is 36.6 Å². The first-order valence-corrected chi connectivity index (χ1v) is 12.9. The lowest BCUT2D eigenvalue weighted by molar-refractivity contribution is -0.140. The number of hydrogen-bond donors (Lipinski definition) is 0. The minimum absolute atomic E-state index is 0. The van der Waals surface area contributed by atoms with E-state index in [9.17, 15) is 26.3 Å². The van der Waals surface area contributed by atoms with Crippen molar-refractivity contribution in [3.05, 3.63) is 59.4 Å². The van der Waals surface area contributed by atoms with Gasteiger partial charge in [0.1, 0.15) is 0 Å². The predicted octanol–water partition coefficient (Wildman–Crippen LogP) is 7.12. The molecule has 1 aliphatic heterocycles. The maximum Gasteiger partial charge on any atom is 0.434 e. The molecule has 1 saturated carbocycles. The van der Waals surface area contributed by atoms with Crippen molar-refractivity contribution in [2.24, 2.45) is 12.5 Å². The van der Waals surface area contributed by atoms with Crippen LogP contribution in [0, 0.1) is 5.41 Å². The van der Waals surface area contributed by atoms with E-state index >= 15 is 0 Å². The van der Waals surface area contributed by atoms with Crippen LogP contribution in [0.2, 0.25) is 0 Å². The minimum atomic E-state index is -4.59. The van der Waals surface area contributed by atoms with Gasteiger partial charge in [-0.1, -0.05) is 23.9 Å². The van der Waals surface area contributed by atoms with Crippen LogP contribution in [-0.4, -0.2) is 50.0 Å². The van der Waals surface area contributed by atoms with Crippen molar-refractivity contribution in [2.75, 3.05) is 25.4 Å². The highest BCUT2D eigenvalue weighted by molar-refractivity contribution is 7.99. The summed E-state index contributed by atoms with van der Waals surface area (Å²) in [5.41, 5.74) is -0.574. The number of thioether (sulfide) groups is 1. The highest BCUT2D eigenvalue weighted by Gasteiger charge is 2.57. The standard InChI is InChI=1S/C25H25F6N5S.2ClH/c1-35-21(18-4-2-10-32-20(18)25(29,30)31)33-34-22(35)37-13-3-11-36-12-9-23(15-36)14-19(23)16-5-7-17(8-6-16)24(26,27)28;;/h2,4-8,10,19H,3,9,11-15H2,1H3;2*1H/t19-,23+;;/m1../s1. The lowest BCUT2D eigenvalue weighted by Crippen LogP contribution is -2.23. The smallest absolute Gasteiger partial charge is 0.305 e. The van der Waals surface area contributed by atoms with Gasteiger partial charge in [0, 0.05) is 25.5 Å². The van der Waals surface area contributed by atoms with Crippen molar-refractivity contribution >= 4 is 36.6 Å². The van der Waals surface area contributed by atoms with Gasteiger partial charge >= 0.3 is 12.4 Å². The Morgan fingerprint density at radius 1 is 1.00 bits per heavy atom. The van der Waals surface area contributed by atoms with E-state index in [1.54, 1.807) is 23.7 Å². The highest BCUT2D eigenvalue weighted by atomic mass is 35.5. The maximum atomic E-state index is 13.3. The molecule has 214 valence electrons. The molecule has 0 bridgehead atoms. The number of nitrogens with zero attached hydrogens (tertiary/aromatic N) is 5. The van der Waals surface area contributed by atoms with E-state index in [0.717, 1.165) is 56.4 Å². The molecule has 5 rings (SSSR count). The van der Waals surface area contributed by atoms with E-state index in [4.69, 9.17) is 0 Å². The van der Waals surface area contributed by atoms with Crippen LogP contribution in [0.15, 0.2) is 47.8 Å². The SMILES string of the molecule is Cl.Cl.Cn1c(SCCCN2CC[C@]3(C[C@@H]3c3ccc(C(F)(F)F)cc3)C2)nnc1-c1cccnc1C(F)(F)F. The molecule has 3 aromatic rings.